The number of halogens is 6. The summed E-state index contributed by atoms with van der Waals surface area (Å²) in [6, 6.07) is 11.0. The number of nitrogens with zero attached hydrogens (tertiary/aromatic N) is 1. The Morgan fingerprint density at radius 2 is 1.57 bits per heavy atom. The van der Waals surface area contributed by atoms with Crippen LogP contribution in [-0.2, 0) is 33.4 Å². The summed E-state index contributed by atoms with van der Waals surface area (Å²) < 4.78 is 103. The lowest BCUT2D eigenvalue weighted by molar-refractivity contribution is -0.139. The highest BCUT2D eigenvalue weighted by molar-refractivity contribution is 7.90. The molecule has 1 heterocycles. The lowest BCUT2D eigenvalue weighted by Crippen LogP contribution is -2.18. The van der Waals surface area contributed by atoms with Gasteiger partial charge in [-0.25, -0.2) is 8.42 Å². The Morgan fingerprint density at radius 3 is 2.14 bits per heavy atom. The number of Topliss-reactive ketones (excluding diaryl/α,β-unsaturated/α-hetero) is 1. The number of aromatic nitrogens is 1. The number of pyridine rings is 1. The van der Waals surface area contributed by atoms with E-state index in [-0.39, 0.29) is 16.9 Å². The fourth-order valence-corrected chi connectivity index (χ4v) is 4.32. The van der Waals surface area contributed by atoms with Crippen LogP contribution in [0.1, 0.15) is 40.3 Å². The second kappa shape index (κ2) is 9.80. The number of rotatable bonds is 7. The van der Waals surface area contributed by atoms with Gasteiger partial charge < -0.3 is 0 Å². The summed E-state index contributed by atoms with van der Waals surface area (Å²) in [4.78, 5) is 16.7. The highest BCUT2D eigenvalue weighted by Crippen LogP contribution is 2.39. The van der Waals surface area contributed by atoms with Crippen molar-refractivity contribution in [2.45, 2.75) is 36.0 Å². The van der Waals surface area contributed by atoms with Crippen LogP contribution < -0.4 is 0 Å². The van der Waals surface area contributed by atoms with Gasteiger partial charge in [0.2, 0.25) is 0 Å². The third-order valence-corrected chi connectivity index (χ3v) is 6.38. The number of benzene rings is 2. The molecule has 3 rings (SSSR count). The minimum Gasteiger partial charge on any atom is -0.299 e. The largest absolute Gasteiger partial charge is 0.418 e. The zero-order chi connectivity index (χ0) is 26.0. The highest BCUT2D eigenvalue weighted by Gasteiger charge is 2.37. The summed E-state index contributed by atoms with van der Waals surface area (Å²) in [6.07, 6.45) is -8.11. The summed E-state index contributed by atoms with van der Waals surface area (Å²) in [6.45, 7) is 0. The van der Waals surface area contributed by atoms with Crippen molar-refractivity contribution in [2.24, 2.45) is 0 Å². The van der Waals surface area contributed by atoms with Crippen molar-refractivity contribution in [1.82, 2.24) is 4.98 Å². The van der Waals surface area contributed by atoms with Crippen LogP contribution in [0.25, 0.3) is 0 Å². The number of carbonyl (C=O) groups is 1. The lowest BCUT2D eigenvalue weighted by atomic mass is 9.86. The van der Waals surface area contributed by atoms with Gasteiger partial charge in [0, 0.05) is 31.2 Å². The van der Waals surface area contributed by atoms with E-state index < -0.39 is 57.1 Å². The molecule has 0 amide bonds. The van der Waals surface area contributed by atoms with Gasteiger partial charge in [-0.15, -0.1) is 0 Å². The molecular weight excluding hydrogens is 496 g/mol. The Labute approximate surface area is 197 Å². The molecule has 35 heavy (non-hydrogen) atoms. The first-order chi connectivity index (χ1) is 16.2. The Morgan fingerprint density at radius 1 is 0.914 bits per heavy atom. The average Bonchev–Trinajstić information content (AvgIpc) is 2.76. The van der Waals surface area contributed by atoms with Gasteiger partial charge >= 0.3 is 12.4 Å². The van der Waals surface area contributed by atoms with E-state index in [1.807, 2.05) is 0 Å². The fourth-order valence-electron chi connectivity index (χ4n) is 3.63. The van der Waals surface area contributed by atoms with Gasteiger partial charge in [0.1, 0.15) is 5.78 Å². The molecular formula is C24H19F6NO3S. The van der Waals surface area contributed by atoms with Crippen molar-refractivity contribution in [1.29, 1.82) is 0 Å². The number of alkyl halides is 6. The number of hydrogen-bond acceptors (Lipinski definition) is 4. The summed E-state index contributed by atoms with van der Waals surface area (Å²) in [5.41, 5.74) is -2.18. The van der Waals surface area contributed by atoms with E-state index in [0.717, 1.165) is 48.9 Å². The molecule has 11 heteroatoms. The van der Waals surface area contributed by atoms with Crippen molar-refractivity contribution in [2.75, 3.05) is 6.26 Å². The SMILES string of the molecule is CS(=O)(=O)c1cccc(CC(=O)C[C@@H](c2ccc(C(F)(F)F)cc2)c2ncccc2C(F)(F)F)c1. The average molecular weight is 515 g/mol. The first kappa shape index (κ1) is 26.4. The van der Waals surface area contributed by atoms with Crippen LogP contribution in [-0.4, -0.2) is 25.4 Å². The van der Waals surface area contributed by atoms with E-state index in [9.17, 15) is 39.6 Å². The minimum absolute atomic E-state index is 0.0221. The molecule has 0 radical (unpaired) electrons. The molecule has 186 valence electrons. The smallest absolute Gasteiger partial charge is 0.299 e. The zero-order valence-electron chi connectivity index (χ0n) is 18.2. The van der Waals surface area contributed by atoms with Crippen molar-refractivity contribution in [3.8, 4) is 0 Å². The monoisotopic (exact) mass is 515 g/mol. The van der Waals surface area contributed by atoms with Crippen molar-refractivity contribution in [3.63, 3.8) is 0 Å². The predicted octanol–water partition coefficient (Wildman–Crippen LogP) is 5.86. The number of ketones is 1. The van der Waals surface area contributed by atoms with Gasteiger partial charge in [-0.2, -0.15) is 26.3 Å². The van der Waals surface area contributed by atoms with Crippen LogP contribution >= 0.6 is 0 Å². The Bertz CT molecular complexity index is 1320. The normalized spacial score (nSPS) is 13.5. The van der Waals surface area contributed by atoms with Crippen LogP contribution in [0.2, 0.25) is 0 Å². The topological polar surface area (TPSA) is 64.1 Å². The van der Waals surface area contributed by atoms with Gasteiger partial charge in [-0.1, -0.05) is 24.3 Å². The molecule has 0 unspecified atom stereocenters. The Hall–Kier alpha value is -3.21. The van der Waals surface area contributed by atoms with Crippen molar-refractivity contribution < 1.29 is 39.6 Å². The molecule has 1 atom stereocenters. The van der Waals surface area contributed by atoms with E-state index in [0.29, 0.717) is 5.56 Å². The maximum atomic E-state index is 13.7. The third-order valence-electron chi connectivity index (χ3n) is 5.27. The molecule has 3 aromatic rings. The van der Waals surface area contributed by atoms with E-state index in [4.69, 9.17) is 0 Å². The summed E-state index contributed by atoms with van der Waals surface area (Å²) in [7, 11) is -3.55. The Balaban J connectivity index is 1.99. The Kier molecular flexibility index (Phi) is 7.39. The first-order valence-electron chi connectivity index (χ1n) is 10.2. The van der Waals surface area contributed by atoms with Crippen molar-refractivity contribution >= 4 is 15.6 Å². The quantitative estimate of drug-likeness (QED) is 0.370. The van der Waals surface area contributed by atoms with E-state index >= 15 is 0 Å². The molecule has 0 fully saturated rings. The fraction of sp³-hybridized carbons (Fsp3) is 0.250. The minimum atomic E-state index is -4.80. The van der Waals surface area contributed by atoms with Gasteiger partial charge in [-0.05, 0) is 47.5 Å². The maximum Gasteiger partial charge on any atom is 0.418 e. The molecule has 0 aliphatic rings. The second-order valence-electron chi connectivity index (χ2n) is 7.95. The summed E-state index contributed by atoms with van der Waals surface area (Å²) in [5, 5.41) is 0. The number of sulfone groups is 1. The summed E-state index contributed by atoms with van der Waals surface area (Å²) in [5.74, 6) is -1.82. The standard InChI is InChI=1S/C24H19F6NO3S/c1-35(33,34)19-5-2-4-15(13-19)12-18(32)14-20(16-7-9-17(10-8-16)23(25,26)27)22-21(24(28,29)30)6-3-11-31-22/h2-11,13,20H,12,14H2,1H3/t20-/m0/s1. The lowest BCUT2D eigenvalue weighted by Gasteiger charge is -2.21. The van der Waals surface area contributed by atoms with Crippen LogP contribution in [0.15, 0.2) is 71.8 Å². The third kappa shape index (κ3) is 6.68. The van der Waals surface area contributed by atoms with Gasteiger partial charge in [-0.3, -0.25) is 9.78 Å². The van der Waals surface area contributed by atoms with Crippen LogP contribution in [0.3, 0.4) is 0 Å². The molecule has 2 aromatic carbocycles. The van der Waals surface area contributed by atoms with Gasteiger partial charge in [0.05, 0.1) is 21.7 Å². The molecule has 0 saturated carbocycles. The van der Waals surface area contributed by atoms with E-state index in [1.54, 1.807) is 0 Å². The first-order valence-corrected chi connectivity index (χ1v) is 12.1. The summed E-state index contributed by atoms with van der Waals surface area (Å²) >= 11 is 0. The van der Waals surface area contributed by atoms with Crippen LogP contribution in [0.4, 0.5) is 26.3 Å². The highest BCUT2D eigenvalue weighted by atomic mass is 32.2. The second-order valence-corrected chi connectivity index (χ2v) is 9.96. The van der Waals surface area contributed by atoms with Crippen molar-refractivity contribution in [3.05, 3.63) is 94.8 Å². The van der Waals surface area contributed by atoms with E-state index in [1.165, 1.54) is 24.3 Å². The molecule has 4 nitrogen and oxygen atoms in total. The molecule has 0 saturated heterocycles. The molecule has 0 N–H and O–H groups in total. The van der Waals surface area contributed by atoms with Crippen LogP contribution in [0, 0.1) is 0 Å². The molecule has 0 bridgehead atoms. The van der Waals surface area contributed by atoms with Gasteiger partial charge in [0.25, 0.3) is 0 Å². The molecule has 1 aromatic heterocycles. The van der Waals surface area contributed by atoms with E-state index in [2.05, 4.69) is 4.98 Å². The molecule has 0 spiro atoms. The molecule has 0 aliphatic carbocycles. The maximum absolute atomic E-state index is 13.7. The van der Waals surface area contributed by atoms with Crippen LogP contribution in [0.5, 0.6) is 0 Å². The number of carbonyl (C=O) groups excluding carboxylic acids is 1. The zero-order valence-corrected chi connectivity index (χ0v) is 19.0. The number of hydrogen-bond donors (Lipinski definition) is 0. The van der Waals surface area contributed by atoms with Gasteiger partial charge in [0.15, 0.2) is 9.84 Å². The molecule has 0 aliphatic heterocycles. The predicted molar refractivity (Wildman–Crippen MR) is 115 cm³/mol.